The molecule has 0 aliphatic carbocycles. The molecule has 2 aromatic carbocycles. The Balaban J connectivity index is 2.15. The van der Waals surface area contributed by atoms with Crippen molar-refractivity contribution >= 4 is 23.2 Å². The number of rotatable bonds is 5. The first-order valence-electron chi connectivity index (χ1n) is 8.98. The second-order valence-electron chi connectivity index (χ2n) is 7.46. The van der Waals surface area contributed by atoms with Crippen LogP contribution in [0.4, 0.5) is 11.4 Å². The first kappa shape index (κ1) is 19.7. The van der Waals surface area contributed by atoms with Crippen molar-refractivity contribution in [3.8, 4) is 0 Å². The number of amides is 2. The van der Waals surface area contributed by atoms with Gasteiger partial charge in [-0.05, 0) is 41.2 Å². The Hall–Kier alpha value is -2.62. The van der Waals surface area contributed by atoms with Gasteiger partial charge in [0.05, 0.1) is 0 Å². The molecule has 1 N–H and O–H groups in total. The highest BCUT2D eigenvalue weighted by atomic mass is 16.2. The van der Waals surface area contributed by atoms with Crippen LogP contribution in [0.1, 0.15) is 45.7 Å². The normalized spacial score (nSPS) is 11.1. The van der Waals surface area contributed by atoms with E-state index in [4.69, 9.17) is 0 Å². The lowest BCUT2D eigenvalue weighted by Crippen LogP contribution is -2.36. The van der Waals surface area contributed by atoms with Crippen molar-refractivity contribution in [1.82, 2.24) is 0 Å². The van der Waals surface area contributed by atoms with Crippen LogP contribution in [0.3, 0.4) is 0 Å². The number of aryl methyl sites for hydroxylation is 1. The third kappa shape index (κ3) is 4.94. The zero-order valence-electron chi connectivity index (χ0n) is 16.3. The van der Waals surface area contributed by atoms with Crippen molar-refractivity contribution in [3.63, 3.8) is 0 Å². The van der Waals surface area contributed by atoms with Gasteiger partial charge in [0, 0.05) is 18.3 Å². The summed E-state index contributed by atoms with van der Waals surface area (Å²) in [5.74, 6) is -0.367. The topological polar surface area (TPSA) is 49.4 Å². The quantitative estimate of drug-likeness (QED) is 0.859. The Bertz CT molecular complexity index is 773. The number of hydrogen-bond acceptors (Lipinski definition) is 2. The molecule has 0 saturated carbocycles. The first-order chi connectivity index (χ1) is 12.2. The van der Waals surface area contributed by atoms with E-state index in [1.807, 2.05) is 55.5 Å². The molecule has 4 heteroatoms. The van der Waals surface area contributed by atoms with Gasteiger partial charge >= 0.3 is 0 Å². The van der Waals surface area contributed by atoms with Gasteiger partial charge < -0.3 is 10.2 Å². The molecule has 0 aliphatic rings. The molecule has 0 aromatic heterocycles. The fourth-order valence-corrected chi connectivity index (χ4v) is 2.81. The molecule has 2 amide bonds. The number of benzene rings is 2. The zero-order valence-corrected chi connectivity index (χ0v) is 16.3. The summed E-state index contributed by atoms with van der Waals surface area (Å²) in [5, 5.41) is 2.92. The molecule has 0 aliphatic heterocycles. The lowest BCUT2D eigenvalue weighted by Gasteiger charge is -2.23. The highest BCUT2D eigenvalue weighted by molar-refractivity contribution is 6.02. The Kier molecular flexibility index (Phi) is 6.19. The van der Waals surface area contributed by atoms with Gasteiger partial charge in [0.1, 0.15) is 6.54 Å². The predicted molar refractivity (Wildman–Crippen MR) is 108 cm³/mol. The highest BCUT2D eigenvalue weighted by Gasteiger charge is 2.18. The maximum Gasteiger partial charge on any atom is 0.244 e. The number of anilines is 2. The molecular formula is C22H28N2O2. The van der Waals surface area contributed by atoms with E-state index in [1.165, 1.54) is 17.4 Å². The predicted octanol–water partition coefficient (Wildman–Crippen LogP) is 4.54. The SMILES string of the molecule is CCc1ccccc1NC(=O)CN(C(C)=O)c1ccc(C(C)(C)C)cc1. The minimum Gasteiger partial charge on any atom is -0.324 e. The fourth-order valence-electron chi connectivity index (χ4n) is 2.81. The second-order valence-corrected chi connectivity index (χ2v) is 7.46. The van der Waals surface area contributed by atoms with Crippen molar-refractivity contribution in [2.75, 3.05) is 16.8 Å². The average Bonchev–Trinajstić information content (AvgIpc) is 2.59. The van der Waals surface area contributed by atoms with Crippen LogP contribution in [0.15, 0.2) is 48.5 Å². The summed E-state index contributed by atoms with van der Waals surface area (Å²) in [4.78, 5) is 26.1. The van der Waals surface area contributed by atoms with Crippen molar-refractivity contribution in [1.29, 1.82) is 0 Å². The summed E-state index contributed by atoms with van der Waals surface area (Å²) in [6.45, 7) is 9.94. The third-order valence-electron chi connectivity index (χ3n) is 4.40. The fraction of sp³-hybridized carbons (Fsp3) is 0.364. The maximum atomic E-state index is 12.5. The van der Waals surface area contributed by atoms with Crippen molar-refractivity contribution < 1.29 is 9.59 Å². The van der Waals surface area contributed by atoms with Crippen LogP contribution in [-0.4, -0.2) is 18.4 Å². The second kappa shape index (κ2) is 8.17. The highest BCUT2D eigenvalue weighted by Crippen LogP contribution is 2.25. The number of para-hydroxylation sites is 1. The van der Waals surface area contributed by atoms with E-state index in [9.17, 15) is 9.59 Å². The lowest BCUT2D eigenvalue weighted by atomic mass is 9.87. The molecule has 0 unspecified atom stereocenters. The Morgan fingerprint density at radius 3 is 2.15 bits per heavy atom. The summed E-state index contributed by atoms with van der Waals surface area (Å²) < 4.78 is 0. The van der Waals surface area contributed by atoms with Gasteiger partial charge in [-0.25, -0.2) is 0 Å². The van der Waals surface area contributed by atoms with Crippen LogP contribution in [0, 0.1) is 0 Å². The Morgan fingerprint density at radius 1 is 1.00 bits per heavy atom. The van der Waals surface area contributed by atoms with Crippen LogP contribution in [0.25, 0.3) is 0 Å². The number of carbonyl (C=O) groups excluding carboxylic acids is 2. The lowest BCUT2D eigenvalue weighted by molar-refractivity contribution is -0.120. The van der Waals surface area contributed by atoms with Gasteiger partial charge in [-0.2, -0.15) is 0 Å². The van der Waals surface area contributed by atoms with Gasteiger partial charge in [-0.1, -0.05) is 58.0 Å². The van der Waals surface area contributed by atoms with Gasteiger partial charge in [-0.15, -0.1) is 0 Å². The minimum atomic E-state index is -0.207. The largest absolute Gasteiger partial charge is 0.324 e. The van der Waals surface area contributed by atoms with Crippen LogP contribution >= 0.6 is 0 Å². The molecule has 0 atom stereocenters. The number of carbonyl (C=O) groups is 2. The molecule has 0 spiro atoms. The molecule has 2 rings (SSSR count). The molecule has 0 heterocycles. The summed E-state index contributed by atoms with van der Waals surface area (Å²) in [5.41, 5.74) is 3.83. The van der Waals surface area contributed by atoms with E-state index in [0.29, 0.717) is 0 Å². The van der Waals surface area contributed by atoms with Crippen molar-refractivity contribution in [2.24, 2.45) is 0 Å². The Morgan fingerprint density at radius 2 is 1.62 bits per heavy atom. The smallest absolute Gasteiger partial charge is 0.244 e. The summed E-state index contributed by atoms with van der Waals surface area (Å²) in [6.07, 6.45) is 0.834. The third-order valence-corrected chi connectivity index (χ3v) is 4.40. The van der Waals surface area contributed by atoms with Crippen molar-refractivity contribution in [2.45, 2.75) is 46.5 Å². The molecule has 0 saturated heterocycles. The van der Waals surface area contributed by atoms with Crippen LogP contribution < -0.4 is 10.2 Å². The standard InChI is InChI=1S/C22H28N2O2/c1-6-17-9-7-8-10-20(17)23-21(26)15-24(16(2)25)19-13-11-18(12-14-19)22(3,4)5/h7-14H,6,15H2,1-5H3,(H,23,26). The monoisotopic (exact) mass is 352 g/mol. The molecule has 0 bridgehead atoms. The van der Waals surface area contributed by atoms with E-state index in [0.717, 1.165) is 23.4 Å². The molecule has 4 nitrogen and oxygen atoms in total. The van der Waals surface area contributed by atoms with Gasteiger partial charge in [-0.3, -0.25) is 9.59 Å². The molecule has 0 radical (unpaired) electrons. The van der Waals surface area contributed by atoms with Gasteiger partial charge in [0.2, 0.25) is 11.8 Å². The zero-order chi connectivity index (χ0) is 19.3. The van der Waals surface area contributed by atoms with Crippen LogP contribution in [0.2, 0.25) is 0 Å². The number of nitrogens with one attached hydrogen (secondary N) is 1. The van der Waals surface area contributed by atoms with E-state index >= 15 is 0 Å². The summed E-state index contributed by atoms with van der Waals surface area (Å²) in [6, 6.07) is 15.5. The van der Waals surface area contributed by atoms with Crippen LogP contribution in [-0.2, 0) is 21.4 Å². The van der Waals surface area contributed by atoms with Crippen molar-refractivity contribution in [3.05, 3.63) is 59.7 Å². The van der Waals surface area contributed by atoms with E-state index in [2.05, 4.69) is 26.1 Å². The number of hydrogen-bond donors (Lipinski definition) is 1. The molecule has 138 valence electrons. The maximum absolute atomic E-state index is 12.5. The molecule has 26 heavy (non-hydrogen) atoms. The van der Waals surface area contributed by atoms with E-state index < -0.39 is 0 Å². The average molecular weight is 352 g/mol. The van der Waals surface area contributed by atoms with Crippen LogP contribution in [0.5, 0.6) is 0 Å². The molecular weight excluding hydrogens is 324 g/mol. The first-order valence-corrected chi connectivity index (χ1v) is 8.98. The molecule has 0 fully saturated rings. The summed E-state index contributed by atoms with van der Waals surface area (Å²) in [7, 11) is 0. The van der Waals surface area contributed by atoms with E-state index in [-0.39, 0.29) is 23.8 Å². The summed E-state index contributed by atoms with van der Waals surface area (Å²) >= 11 is 0. The minimum absolute atomic E-state index is 0.0117. The Labute approximate surface area is 156 Å². The van der Waals surface area contributed by atoms with E-state index in [1.54, 1.807) is 0 Å². The van der Waals surface area contributed by atoms with Gasteiger partial charge in [0.15, 0.2) is 0 Å². The number of nitrogens with zero attached hydrogens (tertiary/aromatic N) is 1. The molecule has 2 aromatic rings. The van der Waals surface area contributed by atoms with Gasteiger partial charge in [0.25, 0.3) is 0 Å².